The normalized spacial score (nSPS) is 12.2. The van der Waals surface area contributed by atoms with Crippen LogP contribution < -0.4 is 26.6 Å². The first-order valence-corrected chi connectivity index (χ1v) is 19.0. The van der Waals surface area contributed by atoms with Crippen molar-refractivity contribution in [3.63, 3.8) is 0 Å². The smallest absolute Gasteiger partial charge is 0.326 e. The summed E-state index contributed by atoms with van der Waals surface area (Å²) in [6.07, 6.45) is 1.39. The van der Waals surface area contributed by atoms with Crippen molar-refractivity contribution in [2.75, 3.05) is 57.6 Å². The minimum Gasteiger partial charge on any atom is -0.481 e. The lowest BCUT2D eigenvalue weighted by Gasteiger charge is -2.19. The van der Waals surface area contributed by atoms with Gasteiger partial charge in [-0.05, 0) is 42.6 Å². The van der Waals surface area contributed by atoms with Crippen LogP contribution in [0.3, 0.4) is 0 Å². The van der Waals surface area contributed by atoms with E-state index in [0.29, 0.717) is 49.8 Å². The largest absolute Gasteiger partial charge is 0.481 e. The highest BCUT2D eigenvalue weighted by molar-refractivity contribution is 8.00. The molecule has 0 fully saturated rings. The molecule has 0 aliphatic rings. The van der Waals surface area contributed by atoms with Crippen molar-refractivity contribution in [2.45, 2.75) is 102 Å². The van der Waals surface area contributed by atoms with Crippen molar-refractivity contribution in [2.24, 2.45) is 0 Å². The van der Waals surface area contributed by atoms with Gasteiger partial charge < -0.3 is 46.3 Å². The second-order valence-corrected chi connectivity index (χ2v) is 14.9. The maximum atomic E-state index is 12.8. The second-order valence-electron chi connectivity index (χ2n) is 11.8. The molecule has 0 saturated heterocycles. The lowest BCUT2D eigenvalue weighted by molar-refractivity contribution is -0.142. The molecule has 2 atom stereocenters. The standard InChI is InChI=1S/C32H57N5O11S2/c1-22(2)49-20-28(40)34-14-7-9-24(36-29(41)21-50-23(3)4)31(44)35-15-17-48-19-18-47-16-12-26(38)33-13-6-5-8-25(32(45)46)37-27(39)10-11-30(42)43/h22-25H,5-21H2,1-4H3,(H,33,38)(H,34,40)(H,35,44)(H,36,41)(H,37,39)(H,42,43)(H,45,46)/t24-,25-/m0/s1. The fourth-order valence-electron chi connectivity index (χ4n) is 3.96. The van der Waals surface area contributed by atoms with Gasteiger partial charge in [0.2, 0.25) is 29.5 Å². The molecule has 50 heavy (non-hydrogen) atoms. The molecule has 0 aliphatic heterocycles. The number of carboxylic acid groups (broad SMARTS) is 2. The van der Waals surface area contributed by atoms with E-state index in [-0.39, 0.29) is 93.3 Å². The van der Waals surface area contributed by atoms with Crippen LogP contribution in [0, 0.1) is 0 Å². The van der Waals surface area contributed by atoms with Gasteiger partial charge in [-0.3, -0.25) is 28.8 Å². The summed E-state index contributed by atoms with van der Waals surface area (Å²) >= 11 is 3.03. The van der Waals surface area contributed by atoms with Crippen molar-refractivity contribution in [3.05, 3.63) is 0 Å². The summed E-state index contributed by atoms with van der Waals surface area (Å²) in [5.41, 5.74) is 0. The van der Waals surface area contributed by atoms with Crippen molar-refractivity contribution < 1.29 is 53.2 Å². The summed E-state index contributed by atoms with van der Waals surface area (Å²) in [6, 6.07) is -1.87. The number of aliphatic carboxylic acids is 2. The van der Waals surface area contributed by atoms with Crippen LogP contribution in [-0.4, -0.2) is 132 Å². The van der Waals surface area contributed by atoms with Crippen molar-refractivity contribution >= 4 is 65.0 Å². The van der Waals surface area contributed by atoms with Gasteiger partial charge in [-0.25, -0.2) is 4.79 Å². The third-order valence-electron chi connectivity index (χ3n) is 6.57. The molecule has 0 bridgehead atoms. The molecule has 288 valence electrons. The van der Waals surface area contributed by atoms with Crippen LogP contribution in [0.2, 0.25) is 0 Å². The molecule has 0 aromatic heterocycles. The molecule has 16 nitrogen and oxygen atoms in total. The molecule has 5 amide bonds. The zero-order valence-electron chi connectivity index (χ0n) is 29.7. The number of hydrogen-bond acceptors (Lipinski definition) is 11. The number of nitrogens with one attached hydrogen (secondary N) is 5. The molecule has 0 rings (SSSR count). The Morgan fingerprint density at radius 1 is 0.560 bits per heavy atom. The maximum Gasteiger partial charge on any atom is 0.326 e. The van der Waals surface area contributed by atoms with Crippen LogP contribution in [0.15, 0.2) is 0 Å². The van der Waals surface area contributed by atoms with E-state index in [9.17, 15) is 38.7 Å². The van der Waals surface area contributed by atoms with Crippen LogP contribution in [0.1, 0.15) is 79.1 Å². The van der Waals surface area contributed by atoms with E-state index in [0.717, 1.165) is 0 Å². The number of thioether (sulfide) groups is 2. The minimum absolute atomic E-state index is 0.0634. The first-order valence-electron chi connectivity index (χ1n) is 16.9. The number of hydrogen-bond donors (Lipinski definition) is 7. The summed E-state index contributed by atoms with van der Waals surface area (Å²) in [6.45, 7) is 9.84. The number of rotatable bonds is 31. The molecule has 0 saturated carbocycles. The fraction of sp³-hybridized carbons (Fsp3) is 0.781. The molecule has 0 radical (unpaired) electrons. The van der Waals surface area contributed by atoms with Gasteiger partial charge in [0.05, 0.1) is 44.4 Å². The third-order valence-corrected chi connectivity index (χ3v) is 8.76. The highest BCUT2D eigenvalue weighted by Gasteiger charge is 2.21. The quantitative estimate of drug-likeness (QED) is 0.0489. The summed E-state index contributed by atoms with van der Waals surface area (Å²) in [5.74, 6) is -3.24. The molecule has 0 aromatic rings. The van der Waals surface area contributed by atoms with Gasteiger partial charge >= 0.3 is 11.9 Å². The predicted molar refractivity (Wildman–Crippen MR) is 192 cm³/mol. The lowest BCUT2D eigenvalue weighted by Crippen LogP contribution is -2.48. The van der Waals surface area contributed by atoms with Gasteiger partial charge in [0.1, 0.15) is 12.1 Å². The molecule has 0 unspecified atom stereocenters. The number of carbonyl (C=O) groups is 7. The van der Waals surface area contributed by atoms with Crippen molar-refractivity contribution in [1.82, 2.24) is 26.6 Å². The first kappa shape index (κ1) is 46.9. The van der Waals surface area contributed by atoms with E-state index in [1.165, 1.54) is 11.8 Å². The number of carboxylic acids is 2. The number of amides is 5. The maximum absolute atomic E-state index is 12.8. The molecule has 0 spiro atoms. The van der Waals surface area contributed by atoms with Crippen LogP contribution in [0.25, 0.3) is 0 Å². The van der Waals surface area contributed by atoms with E-state index in [1.807, 2.05) is 27.7 Å². The SMILES string of the molecule is CC(C)SCC(=O)NCCC[C@H](NC(=O)CSC(C)C)C(=O)NCCOCCOCCC(=O)NCCCC[C@H](NC(=O)CCC(=O)O)C(=O)O. The Bertz CT molecular complexity index is 1050. The summed E-state index contributed by atoms with van der Waals surface area (Å²) < 4.78 is 10.9. The van der Waals surface area contributed by atoms with Crippen LogP contribution in [0.4, 0.5) is 0 Å². The Morgan fingerprint density at radius 2 is 1.12 bits per heavy atom. The fourth-order valence-corrected chi connectivity index (χ4v) is 5.12. The highest BCUT2D eigenvalue weighted by atomic mass is 32.2. The molecule has 0 aromatic carbocycles. The van der Waals surface area contributed by atoms with Gasteiger partial charge in [-0.2, -0.15) is 0 Å². The van der Waals surface area contributed by atoms with Gasteiger partial charge in [-0.15, -0.1) is 23.5 Å². The molecular formula is C32H57N5O11S2. The van der Waals surface area contributed by atoms with Gasteiger partial charge in [0.25, 0.3) is 0 Å². The molecule has 0 heterocycles. The van der Waals surface area contributed by atoms with Crippen molar-refractivity contribution in [1.29, 1.82) is 0 Å². The van der Waals surface area contributed by atoms with Gasteiger partial charge in [-0.1, -0.05) is 27.7 Å². The van der Waals surface area contributed by atoms with E-state index >= 15 is 0 Å². The van der Waals surface area contributed by atoms with Crippen LogP contribution >= 0.6 is 23.5 Å². The molecular weight excluding hydrogens is 695 g/mol. The minimum atomic E-state index is -1.21. The van der Waals surface area contributed by atoms with Crippen LogP contribution in [0.5, 0.6) is 0 Å². The Kier molecular flexibility index (Phi) is 27.8. The second kappa shape index (κ2) is 29.6. The number of ether oxygens (including phenoxy) is 2. The first-order chi connectivity index (χ1) is 23.7. The lowest BCUT2D eigenvalue weighted by atomic mass is 10.1. The Morgan fingerprint density at radius 3 is 1.74 bits per heavy atom. The van der Waals surface area contributed by atoms with E-state index in [4.69, 9.17) is 14.6 Å². The van der Waals surface area contributed by atoms with Gasteiger partial charge in [0, 0.05) is 32.5 Å². The molecule has 18 heteroatoms. The topological polar surface area (TPSA) is 239 Å². The van der Waals surface area contributed by atoms with Crippen molar-refractivity contribution in [3.8, 4) is 0 Å². The zero-order valence-corrected chi connectivity index (χ0v) is 31.3. The van der Waals surface area contributed by atoms with E-state index in [1.54, 1.807) is 11.8 Å². The Hall–Kier alpha value is -3.09. The highest BCUT2D eigenvalue weighted by Crippen LogP contribution is 2.09. The predicted octanol–water partition coefficient (Wildman–Crippen LogP) is 0.911. The summed E-state index contributed by atoms with van der Waals surface area (Å²) in [7, 11) is 0. The monoisotopic (exact) mass is 751 g/mol. The summed E-state index contributed by atoms with van der Waals surface area (Å²) in [4.78, 5) is 82.7. The summed E-state index contributed by atoms with van der Waals surface area (Å²) in [5, 5.41) is 31.9. The average molecular weight is 752 g/mol. The van der Waals surface area contributed by atoms with Crippen LogP contribution in [-0.2, 0) is 43.0 Å². The Balaban J connectivity index is 4.17. The van der Waals surface area contributed by atoms with E-state index in [2.05, 4.69) is 26.6 Å². The molecule has 0 aliphatic carbocycles. The third kappa shape index (κ3) is 28.7. The molecule has 7 N–H and O–H groups in total. The Labute approximate surface area is 303 Å². The average Bonchev–Trinajstić information content (AvgIpc) is 3.04. The van der Waals surface area contributed by atoms with Gasteiger partial charge in [0.15, 0.2) is 0 Å². The number of carbonyl (C=O) groups excluding carboxylic acids is 5. The zero-order chi connectivity index (χ0) is 37.7. The van der Waals surface area contributed by atoms with E-state index < -0.39 is 29.9 Å². The number of unbranched alkanes of at least 4 members (excludes halogenated alkanes) is 1.